The van der Waals surface area contributed by atoms with Crippen LogP contribution in [0.15, 0.2) is 72.8 Å². The van der Waals surface area contributed by atoms with Crippen LogP contribution in [0.25, 0.3) is 11.1 Å². The number of amides is 2. The number of carbonyl (C=O) groups is 2. The molecule has 0 bridgehead atoms. The van der Waals surface area contributed by atoms with Crippen LogP contribution in [-0.2, 0) is 11.0 Å². The Kier molecular flexibility index (Phi) is 7.00. The lowest BCUT2D eigenvalue weighted by Crippen LogP contribution is -2.36. The van der Waals surface area contributed by atoms with Crippen LogP contribution in [0.2, 0.25) is 19.6 Å². The SMILES string of the molecule is CN(Cc1ccc(C(=O)Nc2cc(-c3ccccc3)ccc2N)cc1)C(=O)O[Si](C)(C)C. The van der Waals surface area contributed by atoms with Crippen molar-refractivity contribution in [2.75, 3.05) is 18.1 Å². The average Bonchev–Trinajstić information content (AvgIpc) is 2.75. The van der Waals surface area contributed by atoms with Crippen molar-refractivity contribution < 1.29 is 14.0 Å². The second-order valence-corrected chi connectivity index (χ2v) is 13.1. The van der Waals surface area contributed by atoms with E-state index in [1.165, 1.54) is 4.90 Å². The largest absolute Gasteiger partial charge is 0.504 e. The van der Waals surface area contributed by atoms with Crippen molar-refractivity contribution >= 4 is 31.7 Å². The number of nitrogens with zero attached hydrogens (tertiary/aromatic N) is 1. The van der Waals surface area contributed by atoms with Gasteiger partial charge in [0.05, 0.1) is 11.4 Å². The van der Waals surface area contributed by atoms with Crippen molar-refractivity contribution in [3.8, 4) is 11.1 Å². The summed E-state index contributed by atoms with van der Waals surface area (Å²) in [4.78, 5) is 26.5. The first-order valence-electron chi connectivity index (χ1n) is 10.4. The molecule has 6 nitrogen and oxygen atoms in total. The summed E-state index contributed by atoms with van der Waals surface area (Å²) in [6, 6.07) is 22.6. The maximum Gasteiger partial charge on any atom is 0.396 e. The highest BCUT2D eigenvalue weighted by Crippen LogP contribution is 2.27. The smallest absolute Gasteiger partial charge is 0.396 e. The summed E-state index contributed by atoms with van der Waals surface area (Å²) in [5, 5.41) is 2.90. The van der Waals surface area contributed by atoms with Gasteiger partial charge < -0.3 is 20.4 Å². The first-order chi connectivity index (χ1) is 15.1. The van der Waals surface area contributed by atoms with Gasteiger partial charge in [0.2, 0.25) is 8.32 Å². The number of nitrogen functional groups attached to an aromatic ring is 1. The summed E-state index contributed by atoms with van der Waals surface area (Å²) in [7, 11) is -0.246. The van der Waals surface area contributed by atoms with Gasteiger partial charge in [-0.2, -0.15) is 0 Å². The average molecular weight is 448 g/mol. The molecule has 32 heavy (non-hydrogen) atoms. The summed E-state index contributed by atoms with van der Waals surface area (Å²) in [6.07, 6.45) is -0.334. The lowest BCUT2D eigenvalue weighted by atomic mass is 10.0. The predicted octanol–water partition coefficient (Wildman–Crippen LogP) is 5.59. The Hall–Kier alpha value is -3.58. The van der Waals surface area contributed by atoms with E-state index >= 15 is 0 Å². The van der Waals surface area contributed by atoms with Crippen LogP contribution >= 0.6 is 0 Å². The molecule has 166 valence electrons. The standard InChI is InChI=1S/C25H29N3O3Si/c1-28(25(30)31-32(2,3)4)17-18-10-12-20(13-11-18)24(29)27-23-16-21(14-15-22(23)26)19-8-6-5-7-9-19/h5-16H,17,26H2,1-4H3,(H,27,29). The number of benzene rings is 3. The molecule has 0 fully saturated rings. The molecule has 0 aliphatic heterocycles. The van der Waals surface area contributed by atoms with E-state index < -0.39 is 8.32 Å². The van der Waals surface area contributed by atoms with Gasteiger partial charge in [-0.05, 0) is 60.6 Å². The molecule has 0 saturated carbocycles. The number of anilines is 2. The quantitative estimate of drug-likeness (QED) is 0.381. The highest BCUT2D eigenvalue weighted by Gasteiger charge is 2.22. The normalized spacial score (nSPS) is 11.0. The van der Waals surface area contributed by atoms with Crippen molar-refractivity contribution in [3.63, 3.8) is 0 Å². The third-order valence-electron chi connectivity index (χ3n) is 4.75. The van der Waals surface area contributed by atoms with E-state index in [0.717, 1.165) is 16.7 Å². The molecular weight excluding hydrogens is 418 g/mol. The monoisotopic (exact) mass is 447 g/mol. The fourth-order valence-corrected chi connectivity index (χ4v) is 3.79. The Morgan fingerprint density at radius 3 is 2.22 bits per heavy atom. The molecule has 3 N–H and O–H groups in total. The highest BCUT2D eigenvalue weighted by atomic mass is 28.4. The van der Waals surface area contributed by atoms with Crippen LogP contribution in [0.3, 0.4) is 0 Å². The number of nitrogens with two attached hydrogens (primary N) is 1. The first-order valence-corrected chi connectivity index (χ1v) is 13.8. The van der Waals surface area contributed by atoms with Crippen molar-refractivity contribution in [2.45, 2.75) is 26.2 Å². The molecule has 3 aromatic carbocycles. The lowest BCUT2D eigenvalue weighted by molar-refractivity contribution is 0.102. The minimum Gasteiger partial charge on any atom is -0.504 e. The van der Waals surface area contributed by atoms with Gasteiger partial charge in [-0.25, -0.2) is 4.79 Å². The molecule has 0 radical (unpaired) electrons. The molecular formula is C25H29N3O3Si. The number of nitrogens with one attached hydrogen (secondary N) is 1. The van der Waals surface area contributed by atoms with E-state index in [-0.39, 0.29) is 12.0 Å². The molecule has 2 amide bonds. The maximum atomic E-state index is 12.8. The molecule has 3 aromatic rings. The van der Waals surface area contributed by atoms with Gasteiger partial charge in [-0.1, -0.05) is 48.5 Å². The zero-order chi connectivity index (χ0) is 23.3. The maximum absolute atomic E-state index is 12.8. The molecule has 0 aliphatic carbocycles. The fourth-order valence-electron chi connectivity index (χ4n) is 3.11. The topological polar surface area (TPSA) is 84.7 Å². The van der Waals surface area contributed by atoms with E-state index in [2.05, 4.69) is 5.32 Å². The van der Waals surface area contributed by atoms with Crippen LogP contribution < -0.4 is 11.1 Å². The zero-order valence-electron chi connectivity index (χ0n) is 18.9. The van der Waals surface area contributed by atoms with Crippen molar-refractivity contribution in [2.24, 2.45) is 0 Å². The molecule has 0 unspecified atom stereocenters. The van der Waals surface area contributed by atoms with Crippen LogP contribution in [0.4, 0.5) is 16.2 Å². The molecule has 0 aliphatic rings. The molecule has 0 aromatic heterocycles. The second kappa shape index (κ2) is 9.70. The van der Waals surface area contributed by atoms with E-state index in [0.29, 0.717) is 23.5 Å². The lowest BCUT2D eigenvalue weighted by Gasteiger charge is -2.23. The summed E-state index contributed by atoms with van der Waals surface area (Å²) < 4.78 is 5.50. The highest BCUT2D eigenvalue weighted by molar-refractivity contribution is 6.71. The van der Waals surface area contributed by atoms with Crippen LogP contribution in [0.5, 0.6) is 0 Å². The van der Waals surface area contributed by atoms with Gasteiger partial charge in [0.1, 0.15) is 0 Å². The van der Waals surface area contributed by atoms with E-state index in [4.69, 9.17) is 10.2 Å². The van der Waals surface area contributed by atoms with Crippen molar-refractivity contribution in [1.29, 1.82) is 0 Å². The Labute approximate surface area is 190 Å². The number of hydrogen-bond donors (Lipinski definition) is 2. The minimum atomic E-state index is -1.95. The Bertz CT molecular complexity index is 1090. The molecule has 3 rings (SSSR count). The molecule has 7 heteroatoms. The molecule has 0 saturated heterocycles. The summed E-state index contributed by atoms with van der Waals surface area (Å²) in [6.45, 7) is 6.30. The Morgan fingerprint density at radius 1 is 0.938 bits per heavy atom. The number of hydrogen-bond acceptors (Lipinski definition) is 4. The van der Waals surface area contributed by atoms with E-state index in [1.807, 2.05) is 74.2 Å². The zero-order valence-corrected chi connectivity index (χ0v) is 19.9. The van der Waals surface area contributed by atoms with Crippen molar-refractivity contribution in [3.05, 3.63) is 83.9 Å². The third-order valence-corrected chi connectivity index (χ3v) is 5.54. The van der Waals surface area contributed by atoms with Crippen LogP contribution in [-0.4, -0.2) is 32.3 Å². The third kappa shape index (κ3) is 6.21. The summed E-state index contributed by atoms with van der Waals surface area (Å²) in [5.41, 5.74) is 10.6. The fraction of sp³-hybridized carbons (Fsp3) is 0.200. The second-order valence-electron chi connectivity index (χ2n) is 8.66. The number of carbonyl (C=O) groups excluding carboxylic acids is 2. The summed E-state index contributed by atoms with van der Waals surface area (Å²) >= 11 is 0. The van der Waals surface area contributed by atoms with Gasteiger partial charge in [0, 0.05) is 19.2 Å². The van der Waals surface area contributed by atoms with E-state index in [1.54, 1.807) is 25.2 Å². The van der Waals surface area contributed by atoms with Gasteiger partial charge >= 0.3 is 6.09 Å². The minimum absolute atomic E-state index is 0.250. The predicted molar refractivity (Wildman–Crippen MR) is 132 cm³/mol. The van der Waals surface area contributed by atoms with Gasteiger partial charge in [-0.15, -0.1) is 0 Å². The molecule has 0 atom stereocenters. The first kappa shape index (κ1) is 23.1. The Balaban J connectivity index is 1.67. The molecule has 0 heterocycles. The summed E-state index contributed by atoms with van der Waals surface area (Å²) in [5.74, 6) is -0.250. The van der Waals surface area contributed by atoms with Gasteiger partial charge in [0.15, 0.2) is 0 Å². The van der Waals surface area contributed by atoms with Crippen molar-refractivity contribution in [1.82, 2.24) is 4.90 Å². The van der Waals surface area contributed by atoms with Crippen LogP contribution in [0.1, 0.15) is 15.9 Å². The number of rotatable bonds is 6. The van der Waals surface area contributed by atoms with E-state index in [9.17, 15) is 9.59 Å². The van der Waals surface area contributed by atoms with Gasteiger partial charge in [-0.3, -0.25) is 4.79 Å². The Morgan fingerprint density at radius 2 is 1.59 bits per heavy atom. The van der Waals surface area contributed by atoms with Gasteiger partial charge in [0.25, 0.3) is 5.91 Å². The van der Waals surface area contributed by atoms with Crippen LogP contribution in [0, 0.1) is 0 Å². The molecule has 0 spiro atoms.